The number of anilines is 1. The van der Waals surface area contributed by atoms with Crippen molar-refractivity contribution in [2.24, 2.45) is 0 Å². The number of piperazine rings is 1. The van der Waals surface area contributed by atoms with Gasteiger partial charge in [0.05, 0.1) is 17.8 Å². The molecular formula is C26H28FN5O2. The molecule has 0 aliphatic carbocycles. The van der Waals surface area contributed by atoms with Gasteiger partial charge in [0.2, 0.25) is 11.8 Å². The number of hydrogen-bond acceptors (Lipinski definition) is 6. The number of nitrogens with zero attached hydrogens (tertiary/aromatic N) is 5. The number of hydrogen-bond donors (Lipinski definition) is 0. The molecule has 0 spiro atoms. The Morgan fingerprint density at radius 3 is 2.56 bits per heavy atom. The first-order valence-corrected chi connectivity index (χ1v) is 11.6. The topological polar surface area (TPSA) is 61.8 Å². The first-order valence-electron chi connectivity index (χ1n) is 11.6. The minimum atomic E-state index is -0.459. The third-order valence-electron chi connectivity index (χ3n) is 6.39. The van der Waals surface area contributed by atoms with Crippen molar-refractivity contribution in [3.8, 4) is 11.6 Å². The maximum absolute atomic E-state index is 14.4. The van der Waals surface area contributed by atoms with Crippen LogP contribution in [0.5, 0.6) is 11.6 Å². The second-order valence-corrected chi connectivity index (χ2v) is 8.92. The molecule has 2 aliphatic heterocycles. The fraction of sp³-hybridized carbons (Fsp3) is 0.346. The Morgan fingerprint density at radius 2 is 1.79 bits per heavy atom. The number of likely N-dealkylation sites (N-methyl/N-ethyl adjacent to an activating group) is 1. The van der Waals surface area contributed by atoms with Crippen LogP contribution in [0, 0.1) is 12.7 Å². The predicted octanol–water partition coefficient (Wildman–Crippen LogP) is 3.67. The zero-order valence-corrected chi connectivity index (χ0v) is 19.5. The van der Waals surface area contributed by atoms with Crippen molar-refractivity contribution < 1.29 is 13.9 Å². The summed E-state index contributed by atoms with van der Waals surface area (Å²) in [5.41, 5.74) is 3.26. The van der Waals surface area contributed by atoms with Crippen LogP contribution in [0.1, 0.15) is 27.2 Å². The van der Waals surface area contributed by atoms with Crippen LogP contribution in [-0.4, -0.2) is 65.4 Å². The molecule has 2 aliphatic rings. The number of para-hydroxylation sites is 1. The number of carbonyl (C=O) groups is 1. The molecule has 0 unspecified atom stereocenters. The summed E-state index contributed by atoms with van der Waals surface area (Å²) >= 11 is 0. The Balaban J connectivity index is 1.49. The first kappa shape index (κ1) is 22.3. The molecule has 1 saturated heterocycles. The summed E-state index contributed by atoms with van der Waals surface area (Å²) in [6.07, 6.45) is 0.587. The molecule has 0 bridgehead atoms. The Bertz CT molecular complexity index is 1210. The molecule has 0 saturated carbocycles. The average molecular weight is 462 g/mol. The standard InChI is InChI=1S/C26H28FN5O2/c1-18-6-5-7-19(16-18)25(33)32-11-10-22-20(17-32)24(34-23-9-4-3-8-21(23)27)29-26(28-22)31-14-12-30(2)13-15-31/h3-9,16H,10-15,17H2,1-2H3. The van der Waals surface area contributed by atoms with Gasteiger partial charge in [0.25, 0.3) is 5.91 Å². The van der Waals surface area contributed by atoms with Crippen LogP contribution in [0.4, 0.5) is 10.3 Å². The fourth-order valence-electron chi connectivity index (χ4n) is 4.37. The molecule has 3 heterocycles. The van der Waals surface area contributed by atoms with Crippen LogP contribution in [0.2, 0.25) is 0 Å². The number of aryl methyl sites for hydroxylation is 1. The molecule has 7 nitrogen and oxygen atoms in total. The van der Waals surface area contributed by atoms with Crippen molar-refractivity contribution in [1.82, 2.24) is 19.8 Å². The number of amides is 1. The van der Waals surface area contributed by atoms with Crippen LogP contribution in [0.3, 0.4) is 0 Å². The Labute approximate surface area is 198 Å². The van der Waals surface area contributed by atoms with E-state index in [0.29, 0.717) is 36.9 Å². The third kappa shape index (κ3) is 4.59. The van der Waals surface area contributed by atoms with E-state index in [2.05, 4.69) is 16.8 Å². The van der Waals surface area contributed by atoms with Crippen LogP contribution in [0.15, 0.2) is 48.5 Å². The maximum atomic E-state index is 14.4. The lowest BCUT2D eigenvalue weighted by Crippen LogP contribution is -2.45. The largest absolute Gasteiger partial charge is 0.435 e. The summed E-state index contributed by atoms with van der Waals surface area (Å²) in [4.78, 5) is 29.0. The van der Waals surface area contributed by atoms with Gasteiger partial charge >= 0.3 is 0 Å². The molecule has 3 aromatic rings. The summed E-state index contributed by atoms with van der Waals surface area (Å²) in [6.45, 7) is 6.30. The lowest BCUT2D eigenvalue weighted by atomic mass is 10.0. The van der Waals surface area contributed by atoms with Crippen LogP contribution < -0.4 is 9.64 Å². The van der Waals surface area contributed by atoms with Crippen molar-refractivity contribution in [1.29, 1.82) is 0 Å². The van der Waals surface area contributed by atoms with E-state index in [1.807, 2.05) is 31.2 Å². The van der Waals surface area contributed by atoms with E-state index in [1.165, 1.54) is 6.07 Å². The summed E-state index contributed by atoms with van der Waals surface area (Å²) in [5, 5.41) is 0. The summed E-state index contributed by atoms with van der Waals surface area (Å²) in [7, 11) is 2.09. The van der Waals surface area contributed by atoms with Gasteiger partial charge in [-0.05, 0) is 38.2 Å². The zero-order valence-electron chi connectivity index (χ0n) is 19.5. The zero-order chi connectivity index (χ0) is 23.7. The molecule has 1 aromatic heterocycles. The fourth-order valence-corrected chi connectivity index (χ4v) is 4.37. The van der Waals surface area contributed by atoms with Crippen molar-refractivity contribution in [3.63, 3.8) is 0 Å². The lowest BCUT2D eigenvalue weighted by Gasteiger charge is -2.34. The van der Waals surface area contributed by atoms with Crippen LogP contribution >= 0.6 is 0 Å². The number of halogens is 1. The molecule has 2 aromatic carbocycles. The van der Waals surface area contributed by atoms with Gasteiger partial charge < -0.3 is 19.4 Å². The van der Waals surface area contributed by atoms with Crippen LogP contribution in [0.25, 0.3) is 0 Å². The van der Waals surface area contributed by atoms with Gasteiger partial charge in [-0.25, -0.2) is 9.37 Å². The van der Waals surface area contributed by atoms with E-state index in [1.54, 1.807) is 23.1 Å². The Kier molecular flexibility index (Phi) is 6.15. The van der Waals surface area contributed by atoms with Crippen molar-refractivity contribution >= 4 is 11.9 Å². The molecule has 0 N–H and O–H groups in total. The first-order chi connectivity index (χ1) is 16.5. The molecular weight excluding hydrogens is 433 g/mol. The van der Waals surface area contributed by atoms with Gasteiger partial charge in [-0.2, -0.15) is 4.98 Å². The summed E-state index contributed by atoms with van der Waals surface area (Å²) < 4.78 is 20.4. The normalized spacial score (nSPS) is 16.3. The Morgan fingerprint density at radius 1 is 1.00 bits per heavy atom. The maximum Gasteiger partial charge on any atom is 0.254 e. The van der Waals surface area contributed by atoms with E-state index in [0.717, 1.165) is 43.0 Å². The summed E-state index contributed by atoms with van der Waals surface area (Å²) in [5.74, 6) is 0.506. The van der Waals surface area contributed by atoms with Gasteiger partial charge in [-0.15, -0.1) is 0 Å². The molecule has 8 heteroatoms. The van der Waals surface area contributed by atoms with Crippen molar-refractivity contribution in [2.45, 2.75) is 19.9 Å². The molecule has 1 fully saturated rings. The predicted molar refractivity (Wildman–Crippen MR) is 128 cm³/mol. The average Bonchev–Trinajstić information content (AvgIpc) is 2.85. The van der Waals surface area contributed by atoms with Gasteiger partial charge in [-0.1, -0.05) is 29.8 Å². The van der Waals surface area contributed by atoms with Crippen LogP contribution in [-0.2, 0) is 13.0 Å². The highest BCUT2D eigenvalue weighted by Crippen LogP contribution is 2.33. The third-order valence-corrected chi connectivity index (χ3v) is 6.39. The monoisotopic (exact) mass is 461 g/mol. The van der Waals surface area contributed by atoms with Gasteiger partial charge in [0.1, 0.15) is 0 Å². The molecule has 34 heavy (non-hydrogen) atoms. The molecule has 1 amide bonds. The van der Waals surface area contributed by atoms with Crippen molar-refractivity contribution in [2.75, 3.05) is 44.7 Å². The number of ether oxygens (including phenoxy) is 1. The minimum Gasteiger partial charge on any atom is -0.435 e. The Hall–Kier alpha value is -3.52. The second-order valence-electron chi connectivity index (χ2n) is 8.92. The highest BCUT2D eigenvalue weighted by molar-refractivity contribution is 5.94. The van der Waals surface area contributed by atoms with E-state index >= 15 is 0 Å². The number of benzene rings is 2. The van der Waals surface area contributed by atoms with Crippen molar-refractivity contribution in [3.05, 3.63) is 76.7 Å². The smallest absolute Gasteiger partial charge is 0.254 e. The highest BCUT2D eigenvalue weighted by Gasteiger charge is 2.29. The summed E-state index contributed by atoms with van der Waals surface area (Å²) in [6, 6.07) is 13.9. The minimum absolute atomic E-state index is 0.0469. The quantitative estimate of drug-likeness (QED) is 0.591. The molecule has 5 rings (SSSR count). The lowest BCUT2D eigenvalue weighted by molar-refractivity contribution is 0.0731. The van der Waals surface area contributed by atoms with E-state index < -0.39 is 5.82 Å². The molecule has 0 atom stereocenters. The van der Waals surface area contributed by atoms with Gasteiger partial charge in [0.15, 0.2) is 11.6 Å². The van der Waals surface area contributed by atoms with E-state index in [9.17, 15) is 9.18 Å². The highest BCUT2D eigenvalue weighted by atomic mass is 19.1. The molecule has 0 radical (unpaired) electrons. The van der Waals surface area contributed by atoms with Gasteiger partial charge in [0, 0.05) is 44.7 Å². The van der Waals surface area contributed by atoms with E-state index in [4.69, 9.17) is 14.7 Å². The number of rotatable bonds is 4. The second kappa shape index (κ2) is 9.38. The number of fused-ring (bicyclic) bond motifs is 1. The number of aromatic nitrogens is 2. The number of carbonyl (C=O) groups excluding carboxylic acids is 1. The SMILES string of the molecule is Cc1cccc(C(=O)N2CCc3nc(N4CCN(C)CC4)nc(Oc4ccccc4F)c3C2)c1. The van der Waals surface area contributed by atoms with E-state index in [-0.39, 0.29) is 11.7 Å². The molecule has 176 valence electrons. The van der Waals surface area contributed by atoms with Gasteiger partial charge in [-0.3, -0.25) is 4.79 Å².